The van der Waals surface area contributed by atoms with Gasteiger partial charge in [-0.2, -0.15) is 0 Å². The zero-order valence-corrected chi connectivity index (χ0v) is 16.8. The van der Waals surface area contributed by atoms with Crippen molar-refractivity contribution in [3.63, 3.8) is 0 Å². The largest absolute Gasteiger partial charge is 0.466 e. The van der Waals surface area contributed by atoms with Crippen LogP contribution in [-0.2, 0) is 16.0 Å². The molecule has 7 heteroatoms. The second-order valence-corrected chi connectivity index (χ2v) is 6.52. The number of carbonyl (C=O) groups is 2. The minimum atomic E-state index is -1.74. The third-order valence-electron chi connectivity index (χ3n) is 4.73. The summed E-state index contributed by atoms with van der Waals surface area (Å²) in [7, 11) is 0. The van der Waals surface area contributed by atoms with Crippen LogP contribution in [0.25, 0.3) is 11.1 Å². The number of nitro benzene ring substituents is 1. The molecule has 0 amide bonds. The average Bonchev–Trinajstić information content (AvgIpc) is 2.72. The number of nitro groups is 1. The Labute approximate surface area is 169 Å². The van der Waals surface area contributed by atoms with Crippen LogP contribution < -0.4 is 0 Å². The Balaban J connectivity index is 0.00000145. The molecule has 3 rings (SSSR count). The number of Topliss-reactive ketones (excluding diaryl/α,β-unsaturated/α-hetero) is 1. The van der Waals surface area contributed by atoms with Crippen LogP contribution in [0.3, 0.4) is 0 Å². The molecule has 1 unspecified atom stereocenters. The van der Waals surface area contributed by atoms with Crippen molar-refractivity contribution >= 4 is 17.4 Å². The minimum absolute atomic E-state index is 0.0101. The molecule has 0 heterocycles. The van der Waals surface area contributed by atoms with E-state index >= 15 is 0 Å². The highest BCUT2D eigenvalue weighted by Crippen LogP contribution is 2.34. The first-order valence-corrected chi connectivity index (χ1v) is 9.64. The first kappa shape index (κ1) is 22.2. The van der Waals surface area contributed by atoms with Crippen LogP contribution in [0.4, 0.5) is 5.69 Å². The predicted octanol–water partition coefficient (Wildman–Crippen LogP) is 4.10. The summed E-state index contributed by atoms with van der Waals surface area (Å²) in [6.07, 6.45) is 0.225. The van der Waals surface area contributed by atoms with Gasteiger partial charge in [-0.25, -0.2) is 0 Å². The Kier molecular flexibility index (Phi) is 7.23. The van der Waals surface area contributed by atoms with Crippen molar-refractivity contribution in [1.29, 1.82) is 0 Å². The van der Waals surface area contributed by atoms with Gasteiger partial charge in [0.25, 0.3) is 5.69 Å². The van der Waals surface area contributed by atoms with E-state index in [-0.39, 0.29) is 25.1 Å². The second kappa shape index (κ2) is 9.43. The summed E-state index contributed by atoms with van der Waals surface area (Å²) in [4.78, 5) is 34.7. The topological polar surface area (TPSA) is 107 Å². The molecule has 0 aliphatic heterocycles. The predicted molar refractivity (Wildman–Crippen MR) is 109 cm³/mol. The molecular formula is C22H25NO6. The molecule has 0 radical (unpaired) electrons. The molecular weight excluding hydrogens is 374 g/mol. The number of esters is 1. The molecule has 1 N–H and O–H groups in total. The van der Waals surface area contributed by atoms with Crippen molar-refractivity contribution in [3.05, 3.63) is 63.7 Å². The Morgan fingerprint density at radius 1 is 1.17 bits per heavy atom. The van der Waals surface area contributed by atoms with Gasteiger partial charge in [0.15, 0.2) is 5.78 Å². The van der Waals surface area contributed by atoms with Gasteiger partial charge in [-0.05, 0) is 48.6 Å². The second-order valence-electron chi connectivity index (χ2n) is 6.52. The maximum atomic E-state index is 12.7. The Morgan fingerprint density at radius 3 is 2.38 bits per heavy atom. The third kappa shape index (κ3) is 4.86. The molecule has 154 valence electrons. The van der Waals surface area contributed by atoms with Crippen LogP contribution in [0.5, 0.6) is 0 Å². The SMILES string of the molecule is CC.CCOC(=O)CC1(O)CCc2cc(-c3ccc([N+](=O)[O-])cc3)ccc2C1=O. The molecule has 1 atom stereocenters. The number of carbonyl (C=O) groups excluding carboxylic acids is 2. The van der Waals surface area contributed by atoms with Gasteiger partial charge < -0.3 is 9.84 Å². The monoisotopic (exact) mass is 399 g/mol. The van der Waals surface area contributed by atoms with Crippen molar-refractivity contribution in [2.75, 3.05) is 6.61 Å². The van der Waals surface area contributed by atoms with E-state index < -0.39 is 22.3 Å². The molecule has 0 fully saturated rings. The van der Waals surface area contributed by atoms with E-state index in [1.54, 1.807) is 31.2 Å². The highest BCUT2D eigenvalue weighted by molar-refractivity contribution is 6.06. The fourth-order valence-electron chi connectivity index (χ4n) is 3.30. The Morgan fingerprint density at radius 2 is 1.79 bits per heavy atom. The fraction of sp³-hybridized carbons (Fsp3) is 0.364. The number of aliphatic hydroxyl groups is 1. The number of hydrogen-bond donors (Lipinski definition) is 1. The molecule has 0 spiro atoms. The van der Waals surface area contributed by atoms with Crippen LogP contribution in [0, 0.1) is 10.1 Å². The summed E-state index contributed by atoms with van der Waals surface area (Å²) in [5.74, 6) is -1.08. The number of ketones is 1. The van der Waals surface area contributed by atoms with Gasteiger partial charge in [0, 0.05) is 17.7 Å². The summed E-state index contributed by atoms with van der Waals surface area (Å²) >= 11 is 0. The first-order chi connectivity index (χ1) is 13.8. The molecule has 0 aromatic heterocycles. The molecule has 1 aliphatic carbocycles. The number of nitrogens with zero attached hydrogens (tertiary/aromatic N) is 1. The van der Waals surface area contributed by atoms with E-state index in [1.165, 1.54) is 12.1 Å². The lowest BCUT2D eigenvalue weighted by Gasteiger charge is -2.31. The van der Waals surface area contributed by atoms with Gasteiger partial charge in [0.05, 0.1) is 18.0 Å². The van der Waals surface area contributed by atoms with E-state index in [1.807, 2.05) is 19.9 Å². The van der Waals surface area contributed by atoms with E-state index in [2.05, 4.69) is 0 Å². The van der Waals surface area contributed by atoms with Gasteiger partial charge in [0.1, 0.15) is 5.60 Å². The maximum absolute atomic E-state index is 12.7. The highest BCUT2D eigenvalue weighted by Gasteiger charge is 2.42. The summed E-state index contributed by atoms with van der Waals surface area (Å²) < 4.78 is 4.85. The van der Waals surface area contributed by atoms with Gasteiger partial charge in [0.2, 0.25) is 0 Å². The van der Waals surface area contributed by atoms with Crippen LogP contribution in [0.2, 0.25) is 0 Å². The van der Waals surface area contributed by atoms with Crippen molar-refractivity contribution in [2.45, 2.75) is 45.6 Å². The molecule has 2 aromatic carbocycles. The fourth-order valence-corrected chi connectivity index (χ4v) is 3.30. The summed E-state index contributed by atoms with van der Waals surface area (Å²) in [5.41, 5.74) is 1.06. The van der Waals surface area contributed by atoms with Crippen LogP contribution >= 0.6 is 0 Å². The van der Waals surface area contributed by atoms with Crippen molar-refractivity contribution in [1.82, 2.24) is 0 Å². The van der Waals surface area contributed by atoms with Gasteiger partial charge in [-0.1, -0.05) is 32.0 Å². The number of aryl methyl sites for hydroxylation is 1. The van der Waals surface area contributed by atoms with Crippen LogP contribution in [0.1, 0.15) is 49.5 Å². The van der Waals surface area contributed by atoms with Gasteiger partial charge in [-0.15, -0.1) is 0 Å². The van der Waals surface area contributed by atoms with E-state index in [0.717, 1.165) is 16.7 Å². The third-order valence-corrected chi connectivity index (χ3v) is 4.73. The Hall–Kier alpha value is -3.06. The molecule has 7 nitrogen and oxygen atoms in total. The summed E-state index contributed by atoms with van der Waals surface area (Å²) in [6, 6.07) is 11.4. The van der Waals surface area contributed by atoms with Crippen molar-refractivity contribution < 1.29 is 24.4 Å². The normalized spacial score (nSPS) is 17.6. The number of hydrogen-bond acceptors (Lipinski definition) is 6. The maximum Gasteiger partial charge on any atom is 0.309 e. The van der Waals surface area contributed by atoms with E-state index in [9.17, 15) is 24.8 Å². The number of rotatable bonds is 5. The zero-order chi connectivity index (χ0) is 21.6. The van der Waals surface area contributed by atoms with E-state index in [0.29, 0.717) is 12.0 Å². The molecule has 2 aromatic rings. The smallest absolute Gasteiger partial charge is 0.309 e. The number of fused-ring (bicyclic) bond motifs is 1. The van der Waals surface area contributed by atoms with E-state index in [4.69, 9.17) is 4.74 Å². The average molecular weight is 399 g/mol. The summed E-state index contributed by atoms with van der Waals surface area (Å²) in [6.45, 7) is 5.86. The molecule has 29 heavy (non-hydrogen) atoms. The standard InChI is InChI=1S/C20H19NO6.C2H6/c1-2-27-18(22)12-20(24)10-9-15-11-14(5-8-17(15)19(20)23)13-3-6-16(7-4-13)21(25)26;1-2/h3-8,11,24H,2,9-10,12H2,1H3;1-2H3. The van der Waals surface area contributed by atoms with Crippen LogP contribution in [0.15, 0.2) is 42.5 Å². The number of ether oxygens (including phenoxy) is 1. The van der Waals surface area contributed by atoms with Gasteiger partial charge >= 0.3 is 5.97 Å². The van der Waals surface area contributed by atoms with Gasteiger partial charge in [-0.3, -0.25) is 19.7 Å². The number of benzene rings is 2. The minimum Gasteiger partial charge on any atom is -0.466 e. The first-order valence-electron chi connectivity index (χ1n) is 9.64. The highest BCUT2D eigenvalue weighted by atomic mass is 16.6. The lowest BCUT2D eigenvalue weighted by Crippen LogP contribution is -2.44. The van der Waals surface area contributed by atoms with Crippen molar-refractivity contribution in [3.8, 4) is 11.1 Å². The zero-order valence-electron chi connectivity index (χ0n) is 16.8. The quantitative estimate of drug-likeness (QED) is 0.461. The molecule has 0 bridgehead atoms. The lowest BCUT2D eigenvalue weighted by atomic mass is 9.77. The van der Waals surface area contributed by atoms with Crippen LogP contribution in [-0.4, -0.2) is 34.0 Å². The molecule has 0 saturated carbocycles. The lowest BCUT2D eigenvalue weighted by molar-refractivity contribution is -0.384. The van der Waals surface area contributed by atoms with Crippen molar-refractivity contribution in [2.24, 2.45) is 0 Å². The Bertz CT molecular complexity index is 906. The molecule has 1 aliphatic rings. The molecule has 0 saturated heterocycles. The summed E-state index contributed by atoms with van der Waals surface area (Å²) in [5, 5.41) is 21.4. The number of non-ortho nitro benzene ring substituents is 1.